The Balaban J connectivity index is 1.44. The second-order valence-electron chi connectivity index (χ2n) is 5.55. The van der Waals surface area contributed by atoms with Crippen LogP contribution in [-0.4, -0.2) is 21.9 Å². The van der Waals surface area contributed by atoms with Gasteiger partial charge in [-0.1, -0.05) is 70.8 Å². The van der Waals surface area contributed by atoms with Crippen LogP contribution in [0.1, 0.15) is 0 Å². The predicted octanol–water partition coefficient (Wildman–Crippen LogP) is 6.64. The van der Waals surface area contributed by atoms with Crippen molar-refractivity contribution < 1.29 is 9.21 Å². The Morgan fingerprint density at radius 3 is 2.71 bits per heavy atom. The molecule has 0 radical (unpaired) electrons. The van der Waals surface area contributed by atoms with Crippen molar-refractivity contribution in [2.75, 3.05) is 11.1 Å². The smallest absolute Gasteiger partial charge is 0.277 e. The summed E-state index contributed by atoms with van der Waals surface area (Å²) in [5, 5.41) is 13.2. The molecule has 28 heavy (non-hydrogen) atoms. The van der Waals surface area contributed by atoms with Crippen LogP contribution in [0.25, 0.3) is 20.9 Å². The number of nitrogens with one attached hydrogen (secondary N) is 1. The molecule has 2 heterocycles. The molecule has 0 atom stereocenters. The van der Waals surface area contributed by atoms with Gasteiger partial charge < -0.3 is 9.73 Å². The van der Waals surface area contributed by atoms with Crippen molar-refractivity contribution >= 4 is 79.6 Å². The second kappa shape index (κ2) is 8.31. The average Bonchev–Trinajstić information content (AvgIpc) is 3.29. The number of fused-ring (bicyclic) bond motifs is 1. The number of benzene rings is 2. The van der Waals surface area contributed by atoms with Crippen molar-refractivity contribution in [1.82, 2.24) is 10.2 Å². The first-order chi connectivity index (χ1) is 13.5. The number of thioether (sulfide) groups is 1. The number of carbonyl (C=O) groups excluding carboxylic acids is 1. The van der Waals surface area contributed by atoms with Crippen LogP contribution in [0.3, 0.4) is 0 Å². The molecule has 1 N–H and O–H groups in total. The van der Waals surface area contributed by atoms with E-state index in [9.17, 15) is 4.79 Å². The number of hydrogen-bond acceptors (Lipinski definition) is 6. The minimum Gasteiger partial charge on any atom is -0.410 e. The predicted molar refractivity (Wildman–Crippen MR) is 116 cm³/mol. The molecule has 0 saturated heterocycles. The normalized spacial score (nSPS) is 11.1. The molecule has 0 spiro atoms. The van der Waals surface area contributed by atoms with Crippen LogP contribution in [0.5, 0.6) is 0 Å². The van der Waals surface area contributed by atoms with Crippen molar-refractivity contribution in [3.63, 3.8) is 0 Å². The number of aromatic nitrogens is 2. The molecule has 0 aliphatic carbocycles. The molecule has 0 fully saturated rings. The summed E-state index contributed by atoms with van der Waals surface area (Å²) in [4.78, 5) is 12.9. The van der Waals surface area contributed by atoms with E-state index in [1.165, 1.54) is 11.3 Å². The lowest BCUT2D eigenvalue weighted by atomic mass is 10.2. The topological polar surface area (TPSA) is 68.0 Å². The van der Waals surface area contributed by atoms with Gasteiger partial charge >= 0.3 is 0 Å². The fourth-order valence-electron chi connectivity index (χ4n) is 2.43. The van der Waals surface area contributed by atoms with E-state index in [4.69, 9.17) is 39.2 Å². The third-order valence-corrected chi connectivity index (χ3v) is 6.99. The number of thiophene rings is 1. The molecule has 10 heteroatoms. The van der Waals surface area contributed by atoms with Gasteiger partial charge in [-0.3, -0.25) is 4.79 Å². The van der Waals surface area contributed by atoms with Crippen molar-refractivity contribution in [3.05, 3.63) is 57.5 Å². The van der Waals surface area contributed by atoms with Gasteiger partial charge in [-0.2, -0.15) is 0 Å². The fourth-order valence-corrected chi connectivity index (χ4v) is 4.77. The summed E-state index contributed by atoms with van der Waals surface area (Å²) < 4.78 is 6.70. The first-order valence-electron chi connectivity index (χ1n) is 7.90. The summed E-state index contributed by atoms with van der Waals surface area (Å²) in [6.45, 7) is 0. The molecule has 142 valence electrons. The molecule has 5 nitrogen and oxygen atoms in total. The standard InChI is InChI=1S/C18H10Cl3N3O2S2/c19-10-5-3-6-11(15(10)21)22-13(25)8-27-18-24-23-17(26-18)16-14(20)9-4-1-2-7-12(9)28-16/h1-7H,8H2,(H,22,25). The lowest BCUT2D eigenvalue weighted by molar-refractivity contribution is -0.113. The van der Waals surface area contributed by atoms with Crippen LogP contribution < -0.4 is 5.32 Å². The van der Waals surface area contributed by atoms with Crippen LogP contribution in [-0.2, 0) is 4.79 Å². The molecule has 2 aromatic carbocycles. The Kier molecular flexibility index (Phi) is 5.80. The summed E-state index contributed by atoms with van der Waals surface area (Å²) >= 11 is 21.0. The zero-order chi connectivity index (χ0) is 19.7. The molecule has 0 bridgehead atoms. The second-order valence-corrected chi connectivity index (χ2v) is 8.69. The van der Waals surface area contributed by atoms with Gasteiger partial charge in [0.05, 0.1) is 26.5 Å². The highest BCUT2D eigenvalue weighted by atomic mass is 35.5. The first kappa shape index (κ1) is 19.5. The molecular formula is C18H10Cl3N3O2S2. The van der Waals surface area contributed by atoms with Gasteiger partial charge in [0.25, 0.3) is 11.1 Å². The summed E-state index contributed by atoms with van der Waals surface area (Å²) in [5.74, 6) is 0.130. The third-order valence-electron chi connectivity index (χ3n) is 3.69. The fraction of sp³-hybridized carbons (Fsp3) is 0.0556. The van der Waals surface area contributed by atoms with Crippen LogP contribution >= 0.6 is 57.9 Å². The molecular weight excluding hydrogens is 461 g/mol. The minimum absolute atomic E-state index is 0.0740. The minimum atomic E-state index is -0.270. The lowest BCUT2D eigenvalue weighted by Crippen LogP contribution is -2.14. The van der Waals surface area contributed by atoms with E-state index in [-0.39, 0.29) is 16.9 Å². The highest BCUT2D eigenvalue weighted by molar-refractivity contribution is 7.99. The number of rotatable bonds is 5. The summed E-state index contributed by atoms with van der Waals surface area (Å²) in [7, 11) is 0. The number of anilines is 1. The van der Waals surface area contributed by atoms with Crippen LogP contribution in [0.15, 0.2) is 52.1 Å². The van der Waals surface area contributed by atoms with Gasteiger partial charge in [0, 0.05) is 10.1 Å². The van der Waals surface area contributed by atoms with E-state index in [1.807, 2.05) is 24.3 Å². The zero-order valence-corrected chi connectivity index (χ0v) is 17.8. The largest absolute Gasteiger partial charge is 0.410 e. The molecule has 4 aromatic rings. The van der Waals surface area contributed by atoms with E-state index >= 15 is 0 Å². The number of carbonyl (C=O) groups is 1. The van der Waals surface area contributed by atoms with Gasteiger partial charge in [0.2, 0.25) is 5.91 Å². The van der Waals surface area contributed by atoms with E-state index in [1.54, 1.807) is 18.2 Å². The van der Waals surface area contributed by atoms with E-state index in [2.05, 4.69) is 15.5 Å². The first-order valence-corrected chi connectivity index (χ1v) is 10.8. The molecule has 0 saturated carbocycles. The Morgan fingerprint density at radius 2 is 1.89 bits per heavy atom. The average molecular weight is 471 g/mol. The maximum atomic E-state index is 12.2. The highest BCUT2D eigenvalue weighted by Crippen LogP contribution is 2.41. The maximum Gasteiger partial charge on any atom is 0.277 e. The van der Waals surface area contributed by atoms with Crippen molar-refractivity contribution in [2.24, 2.45) is 0 Å². The van der Waals surface area contributed by atoms with Gasteiger partial charge in [0.15, 0.2) is 0 Å². The molecule has 4 rings (SSSR count). The SMILES string of the molecule is O=C(CSc1nnc(-c2sc3ccccc3c2Cl)o1)Nc1cccc(Cl)c1Cl. The highest BCUT2D eigenvalue weighted by Gasteiger charge is 2.18. The quantitative estimate of drug-likeness (QED) is 0.331. The summed E-state index contributed by atoms with van der Waals surface area (Å²) in [6.07, 6.45) is 0. The van der Waals surface area contributed by atoms with E-state index < -0.39 is 0 Å². The molecule has 2 aromatic heterocycles. The van der Waals surface area contributed by atoms with Gasteiger partial charge in [0.1, 0.15) is 4.88 Å². The number of hydrogen-bond donors (Lipinski definition) is 1. The number of amides is 1. The van der Waals surface area contributed by atoms with Crippen molar-refractivity contribution in [2.45, 2.75) is 5.22 Å². The van der Waals surface area contributed by atoms with Crippen LogP contribution in [0.4, 0.5) is 5.69 Å². The monoisotopic (exact) mass is 469 g/mol. The number of halogens is 3. The molecule has 0 aliphatic rings. The zero-order valence-electron chi connectivity index (χ0n) is 13.9. The molecule has 1 amide bonds. The lowest BCUT2D eigenvalue weighted by Gasteiger charge is -2.07. The van der Waals surface area contributed by atoms with Crippen molar-refractivity contribution in [1.29, 1.82) is 0 Å². The van der Waals surface area contributed by atoms with Gasteiger partial charge in [-0.15, -0.1) is 21.5 Å². The molecule has 0 unspecified atom stereocenters. The maximum absolute atomic E-state index is 12.2. The van der Waals surface area contributed by atoms with Gasteiger partial charge in [-0.05, 0) is 18.2 Å². The summed E-state index contributed by atoms with van der Waals surface area (Å²) in [5.41, 5.74) is 0.447. The third kappa shape index (κ3) is 3.99. The Labute approximate surface area is 183 Å². The summed E-state index contributed by atoms with van der Waals surface area (Å²) in [6, 6.07) is 12.8. The molecule has 0 aliphatic heterocycles. The Hall–Kier alpha value is -1.77. The van der Waals surface area contributed by atoms with Crippen LogP contribution in [0.2, 0.25) is 15.1 Å². The van der Waals surface area contributed by atoms with E-state index in [0.29, 0.717) is 31.5 Å². The Morgan fingerprint density at radius 1 is 1.07 bits per heavy atom. The Bertz CT molecular complexity index is 1180. The van der Waals surface area contributed by atoms with Gasteiger partial charge in [-0.25, -0.2) is 0 Å². The van der Waals surface area contributed by atoms with Crippen LogP contribution in [0, 0.1) is 0 Å². The van der Waals surface area contributed by atoms with E-state index in [0.717, 1.165) is 21.8 Å². The number of nitrogens with zero attached hydrogens (tertiary/aromatic N) is 2. The van der Waals surface area contributed by atoms with Crippen molar-refractivity contribution in [3.8, 4) is 10.8 Å².